The molecule has 0 aliphatic heterocycles. The molecule has 3 atom stereocenters. The lowest BCUT2D eigenvalue weighted by molar-refractivity contribution is -0.164. The zero-order chi connectivity index (χ0) is 14.0. The van der Waals surface area contributed by atoms with Crippen molar-refractivity contribution in [3.05, 3.63) is 0 Å². The van der Waals surface area contributed by atoms with Crippen LogP contribution in [0.2, 0.25) is 0 Å². The minimum atomic E-state index is -0.305. The van der Waals surface area contributed by atoms with Gasteiger partial charge in [-0.15, -0.1) is 6.42 Å². The number of carbonyl (C=O) groups excluding carboxylic acids is 2. The highest BCUT2D eigenvalue weighted by Gasteiger charge is 2.51. The molecule has 3 heteroatoms. The van der Waals surface area contributed by atoms with Gasteiger partial charge in [-0.25, -0.2) is 0 Å². The van der Waals surface area contributed by atoms with Gasteiger partial charge in [0.2, 0.25) is 0 Å². The highest BCUT2D eigenvalue weighted by Crippen LogP contribution is 2.53. The van der Waals surface area contributed by atoms with Crippen molar-refractivity contribution in [3.8, 4) is 12.3 Å². The second kappa shape index (κ2) is 5.14. The summed E-state index contributed by atoms with van der Waals surface area (Å²) in [6.07, 6.45) is 8.34. The maximum Gasteiger partial charge on any atom is 0.302 e. The summed E-state index contributed by atoms with van der Waals surface area (Å²) in [7, 11) is 0. The Kier molecular flexibility index (Phi) is 4.21. The zero-order valence-electron chi connectivity index (χ0n) is 11.7. The third-order valence-electron chi connectivity index (χ3n) is 4.39. The van der Waals surface area contributed by atoms with E-state index in [0.29, 0.717) is 6.42 Å². The number of ether oxygens (including phenoxy) is 1. The molecule has 100 valence electrons. The van der Waals surface area contributed by atoms with Gasteiger partial charge in [0.25, 0.3) is 0 Å². The third kappa shape index (κ3) is 2.58. The Hall–Kier alpha value is -1.30. The van der Waals surface area contributed by atoms with E-state index < -0.39 is 0 Å². The Morgan fingerprint density at radius 1 is 1.50 bits per heavy atom. The summed E-state index contributed by atoms with van der Waals surface area (Å²) in [5.41, 5.74) is -0.590. The van der Waals surface area contributed by atoms with E-state index in [0.717, 1.165) is 19.1 Å². The van der Waals surface area contributed by atoms with Crippen LogP contribution in [0, 0.1) is 29.1 Å². The molecule has 0 spiro atoms. The van der Waals surface area contributed by atoms with E-state index in [2.05, 4.69) is 5.92 Å². The molecule has 1 fully saturated rings. The minimum Gasteiger partial charge on any atom is -0.462 e. The Bertz CT molecular complexity index is 378. The van der Waals surface area contributed by atoms with Crippen molar-refractivity contribution in [1.29, 1.82) is 0 Å². The lowest BCUT2D eigenvalue weighted by Crippen LogP contribution is -2.50. The maximum atomic E-state index is 11.2. The number of rotatable bonds is 3. The molecule has 18 heavy (non-hydrogen) atoms. The van der Waals surface area contributed by atoms with Crippen LogP contribution in [0.5, 0.6) is 0 Å². The van der Waals surface area contributed by atoms with Crippen LogP contribution in [0.4, 0.5) is 0 Å². The molecule has 0 aromatic heterocycles. The Labute approximate surface area is 109 Å². The van der Waals surface area contributed by atoms with Gasteiger partial charge >= 0.3 is 5.97 Å². The lowest BCUT2D eigenvalue weighted by atomic mass is 9.54. The van der Waals surface area contributed by atoms with Gasteiger partial charge in [-0.3, -0.25) is 4.79 Å². The van der Waals surface area contributed by atoms with Crippen molar-refractivity contribution in [2.75, 3.05) is 0 Å². The first kappa shape index (κ1) is 14.8. The van der Waals surface area contributed by atoms with Crippen LogP contribution >= 0.6 is 0 Å². The Balaban J connectivity index is 3.06. The van der Waals surface area contributed by atoms with Crippen LogP contribution in [0.1, 0.15) is 47.0 Å². The van der Waals surface area contributed by atoms with Crippen LogP contribution in [0.3, 0.4) is 0 Å². The summed E-state index contributed by atoms with van der Waals surface area (Å²) in [6, 6.07) is 0. The van der Waals surface area contributed by atoms with Gasteiger partial charge in [0.1, 0.15) is 12.4 Å². The van der Waals surface area contributed by atoms with Crippen molar-refractivity contribution in [2.24, 2.45) is 16.7 Å². The highest BCUT2D eigenvalue weighted by atomic mass is 16.5. The SMILES string of the molecule is C#C[C@]1(C)CC[C@H](OC(C)=O)C(C)(C)[C@H]1CC=O. The molecule has 0 amide bonds. The number of carbonyl (C=O) groups is 2. The minimum absolute atomic E-state index is 0.0330. The standard InChI is InChI=1S/C15H22O3/c1-6-15(5)9-7-13(18-11(2)17)14(3,4)12(15)8-10-16/h1,10,12-13H,7-9H2,2-5H3/t12-,13+,15-/m1/s1. The van der Waals surface area contributed by atoms with Crippen molar-refractivity contribution in [1.82, 2.24) is 0 Å². The molecule has 0 radical (unpaired) electrons. The monoisotopic (exact) mass is 250 g/mol. The average Bonchev–Trinajstić information content (AvgIpc) is 2.28. The topological polar surface area (TPSA) is 43.4 Å². The van der Waals surface area contributed by atoms with E-state index in [4.69, 9.17) is 11.2 Å². The molecule has 1 saturated carbocycles. The van der Waals surface area contributed by atoms with Crippen molar-refractivity contribution >= 4 is 12.3 Å². The molecule has 0 heterocycles. The van der Waals surface area contributed by atoms with Gasteiger partial charge in [-0.2, -0.15) is 0 Å². The predicted molar refractivity (Wildman–Crippen MR) is 69.7 cm³/mol. The van der Waals surface area contributed by atoms with Crippen LogP contribution < -0.4 is 0 Å². The van der Waals surface area contributed by atoms with E-state index in [-0.39, 0.29) is 28.8 Å². The van der Waals surface area contributed by atoms with E-state index in [9.17, 15) is 9.59 Å². The predicted octanol–water partition coefficient (Wildman–Crippen LogP) is 2.58. The molecular formula is C15H22O3. The molecule has 3 nitrogen and oxygen atoms in total. The average molecular weight is 250 g/mol. The summed E-state index contributed by atoms with van der Waals surface area (Å²) in [4.78, 5) is 22.1. The molecule has 0 bridgehead atoms. The third-order valence-corrected chi connectivity index (χ3v) is 4.39. The summed E-state index contributed by atoms with van der Waals surface area (Å²) in [6.45, 7) is 7.50. The number of hydrogen-bond donors (Lipinski definition) is 0. The first-order valence-corrected chi connectivity index (χ1v) is 6.36. The number of terminal acetylenes is 1. The van der Waals surface area contributed by atoms with Crippen molar-refractivity contribution < 1.29 is 14.3 Å². The van der Waals surface area contributed by atoms with Crippen molar-refractivity contribution in [2.45, 2.75) is 53.1 Å². The van der Waals surface area contributed by atoms with Crippen LogP contribution in [0.25, 0.3) is 0 Å². The fraction of sp³-hybridized carbons (Fsp3) is 0.733. The van der Waals surface area contributed by atoms with Gasteiger partial charge in [-0.05, 0) is 25.7 Å². The smallest absolute Gasteiger partial charge is 0.302 e. The summed E-state index contributed by atoms with van der Waals surface area (Å²) in [5.74, 6) is 2.60. The Morgan fingerprint density at radius 3 is 2.56 bits per heavy atom. The van der Waals surface area contributed by atoms with Gasteiger partial charge in [0.15, 0.2) is 0 Å². The second-order valence-corrected chi connectivity index (χ2v) is 5.97. The van der Waals surface area contributed by atoms with Gasteiger partial charge in [-0.1, -0.05) is 19.8 Å². The molecule has 0 unspecified atom stereocenters. The van der Waals surface area contributed by atoms with E-state index >= 15 is 0 Å². The quantitative estimate of drug-likeness (QED) is 0.439. The summed E-state index contributed by atoms with van der Waals surface area (Å²) >= 11 is 0. The molecule has 1 aliphatic rings. The lowest BCUT2D eigenvalue weighted by Gasteiger charge is -2.51. The molecule has 1 aliphatic carbocycles. The van der Waals surface area contributed by atoms with Crippen LogP contribution in [-0.4, -0.2) is 18.4 Å². The fourth-order valence-corrected chi connectivity index (χ4v) is 3.27. The van der Waals surface area contributed by atoms with Gasteiger partial charge in [0, 0.05) is 24.2 Å². The van der Waals surface area contributed by atoms with Crippen LogP contribution in [-0.2, 0) is 14.3 Å². The zero-order valence-corrected chi connectivity index (χ0v) is 11.7. The van der Waals surface area contributed by atoms with Gasteiger partial charge < -0.3 is 9.53 Å². The number of esters is 1. The molecule has 0 aromatic carbocycles. The molecule has 0 saturated heterocycles. The van der Waals surface area contributed by atoms with E-state index in [1.54, 1.807) is 0 Å². The summed E-state index contributed by atoms with van der Waals surface area (Å²) < 4.78 is 5.40. The highest BCUT2D eigenvalue weighted by molar-refractivity contribution is 5.66. The molecule has 1 rings (SSSR count). The van der Waals surface area contributed by atoms with Crippen LogP contribution in [0.15, 0.2) is 0 Å². The maximum absolute atomic E-state index is 11.2. The summed E-state index contributed by atoms with van der Waals surface area (Å²) in [5, 5.41) is 0. The first-order chi connectivity index (χ1) is 8.28. The van der Waals surface area contributed by atoms with E-state index in [1.165, 1.54) is 6.92 Å². The van der Waals surface area contributed by atoms with Gasteiger partial charge in [0.05, 0.1) is 0 Å². The normalized spacial score (nSPS) is 34.4. The van der Waals surface area contributed by atoms with Crippen molar-refractivity contribution in [3.63, 3.8) is 0 Å². The van der Waals surface area contributed by atoms with E-state index in [1.807, 2.05) is 20.8 Å². The molecular weight excluding hydrogens is 228 g/mol. The number of aldehydes is 1. The largest absolute Gasteiger partial charge is 0.462 e. The Morgan fingerprint density at radius 2 is 2.11 bits per heavy atom. The molecule has 0 aromatic rings. The molecule has 0 N–H and O–H groups in total. The fourth-order valence-electron chi connectivity index (χ4n) is 3.27. The number of hydrogen-bond acceptors (Lipinski definition) is 3. The first-order valence-electron chi connectivity index (χ1n) is 6.36. The second-order valence-electron chi connectivity index (χ2n) is 5.97.